The third kappa shape index (κ3) is 5.73. The van der Waals surface area contributed by atoms with Crippen molar-refractivity contribution < 1.29 is 14.7 Å². The van der Waals surface area contributed by atoms with Crippen LogP contribution in [0.4, 0.5) is 10.7 Å². The molecule has 0 saturated carbocycles. The molecule has 0 aliphatic carbocycles. The molecule has 2 amide bonds. The summed E-state index contributed by atoms with van der Waals surface area (Å²) in [6.07, 6.45) is 3.42. The van der Waals surface area contributed by atoms with Crippen molar-refractivity contribution in [2.45, 2.75) is 19.8 Å². The first-order chi connectivity index (χ1) is 8.58. The third-order valence-electron chi connectivity index (χ3n) is 2.17. The van der Waals surface area contributed by atoms with Gasteiger partial charge >= 0.3 is 12.0 Å². The van der Waals surface area contributed by atoms with Gasteiger partial charge in [-0.25, -0.2) is 9.78 Å². The number of urea groups is 1. The van der Waals surface area contributed by atoms with E-state index >= 15 is 0 Å². The van der Waals surface area contributed by atoms with E-state index in [2.05, 4.69) is 25.8 Å². The topological polar surface area (TPSA) is 117 Å². The SMILES string of the molecule is CC(CCC(=O)O)CNC(=O)Nc1nccnn1. The Bertz CT molecular complexity index is 398. The number of nitrogens with one attached hydrogen (secondary N) is 2. The first-order valence-electron chi connectivity index (χ1n) is 5.48. The van der Waals surface area contributed by atoms with E-state index < -0.39 is 12.0 Å². The van der Waals surface area contributed by atoms with Crippen LogP contribution < -0.4 is 10.6 Å². The summed E-state index contributed by atoms with van der Waals surface area (Å²) < 4.78 is 0. The predicted octanol–water partition coefficient (Wildman–Crippen LogP) is 0.494. The second kappa shape index (κ2) is 7.15. The van der Waals surface area contributed by atoms with Gasteiger partial charge in [-0.3, -0.25) is 10.1 Å². The van der Waals surface area contributed by atoms with Crippen LogP contribution in [0.5, 0.6) is 0 Å². The Morgan fingerprint density at radius 3 is 2.83 bits per heavy atom. The number of carboxylic acids is 1. The Kier molecular flexibility index (Phi) is 5.49. The van der Waals surface area contributed by atoms with Crippen LogP contribution >= 0.6 is 0 Å². The summed E-state index contributed by atoms with van der Waals surface area (Å²) in [6.45, 7) is 2.25. The largest absolute Gasteiger partial charge is 0.481 e. The molecule has 0 bridgehead atoms. The van der Waals surface area contributed by atoms with E-state index in [0.717, 1.165) is 0 Å². The Balaban J connectivity index is 2.23. The van der Waals surface area contributed by atoms with Crippen molar-refractivity contribution >= 4 is 17.9 Å². The van der Waals surface area contributed by atoms with E-state index in [1.807, 2.05) is 6.92 Å². The first kappa shape index (κ1) is 13.8. The molecule has 1 rings (SSSR count). The van der Waals surface area contributed by atoms with Crippen LogP contribution in [-0.4, -0.2) is 38.8 Å². The van der Waals surface area contributed by atoms with Crippen molar-refractivity contribution in [2.75, 3.05) is 11.9 Å². The van der Waals surface area contributed by atoms with Gasteiger partial charge in [-0.15, -0.1) is 5.10 Å². The number of rotatable bonds is 6. The summed E-state index contributed by atoms with van der Waals surface area (Å²) in [6, 6.07) is -0.440. The van der Waals surface area contributed by atoms with Gasteiger partial charge in [-0.2, -0.15) is 5.10 Å². The van der Waals surface area contributed by atoms with Crippen LogP contribution in [0.2, 0.25) is 0 Å². The van der Waals surface area contributed by atoms with Gasteiger partial charge in [0, 0.05) is 13.0 Å². The Hall–Kier alpha value is -2.25. The van der Waals surface area contributed by atoms with Crippen LogP contribution in [0.1, 0.15) is 19.8 Å². The zero-order valence-electron chi connectivity index (χ0n) is 9.96. The van der Waals surface area contributed by atoms with Gasteiger partial charge in [0.2, 0.25) is 0 Å². The van der Waals surface area contributed by atoms with Crippen molar-refractivity contribution in [3.63, 3.8) is 0 Å². The van der Waals surface area contributed by atoms with Crippen LogP contribution in [0, 0.1) is 5.92 Å². The zero-order chi connectivity index (χ0) is 13.4. The maximum atomic E-state index is 11.4. The molecule has 0 aliphatic rings. The molecule has 0 radical (unpaired) electrons. The highest BCUT2D eigenvalue weighted by Gasteiger charge is 2.08. The first-order valence-corrected chi connectivity index (χ1v) is 5.48. The number of amides is 2. The number of aliphatic carboxylic acids is 1. The fourth-order valence-electron chi connectivity index (χ4n) is 1.19. The number of carbonyl (C=O) groups is 2. The molecule has 1 aromatic heterocycles. The normalized spacial score (nSPS) is 11.6. The number of nitrogens with zero attached hydrogens (tertiary/aromatic N) is 3. The van der Waals surface area contributed by atoms with Gasteiger partial charge in [0.05, 0.1) is 12.4 Å². The molecule has 8 nitrogen and oxygen atoms in total. The molecular formula is C10H15N5O3. The van der Waals surface area contributed by atoms with E-state index in [0.29, 0.717) is 13.0 Å². The van der Waals surface area contributed by atoms with E-state index in [1.54, 1.807) is 0 Å². The molecule has 0 saturated heterocycles. The van der Waals surface area contributed by atoms with Crippen molar-refractivity contribution in [3.05, 3.63) is 12.4 Å². The Morgan fingerprint density at radius 1 is 1.44 bits per heavy atom. The Morgan fingerprint density at radius 2 is 2.22 bits per heavy atom. The lowest BCUT2D eigenvalue weighted by atomic mass is 10.1. The second-order valence-corrected chi connectivity index (χ2v) is 3.84. The van der Waals surface area contributed by atoms with Gasteiger partial charge in [-0.1, -0.05) is 6.92 Å². The van der Waals surface area contributed by atoms with Crippen molar-refractivity contribution in [1.29, 1.82) is 0 Å². The number of carboxylic acid groups (broad SMARTS) is 1. The van der Waals surface area contributed by atoms with Crippen LogP contribution in [-0.2, 0) is 4.79 Å². The van der Waals surface area contributed by atoms with Gasteiger partial charge in [0.15, 0.2) is 0 Å². The van der Waals surface area contributed by atoms with Crippen LogP contribution in [0.25, 0.3) is 0 Å². The molecular weight excluding hydrogens is 238 g/mol. The minimum absolute atomic E-state index is 0.0849. The minimum atomic E-state index is -0.838. The quantitative estimate of drug-likeness (QED) is 0.679. The van der Waals surface area contributed by atoms with Crippen LogP contribution in [0.3, 0.4) is 0 Å². The lowest BCUT2D eigenvalue weighted by molar-refractivity contribution is -0.137. The van der Waals surface area contributed by atoms with E-state index in [4.69, 9.17) is 5.11 Å². The summed E-state index contributed by atoms with van der Waals surface area (Å²) in [5, 5.41) is 20.7. The summed E-state index contributed by atoms with van der Waals surface area (Å²) in [4.78, 5) is 25.6. The summed E-state index contributed by atoms with van der Waals surface area (Å²) >= 11 is 0. The maximum absolute atomic E-state index is 11.4. The van der Waals surface area contributed by atoms with Gasteiger partial charge in [0.1, 0.15) is 0 Å². The number of aromatic nitrogens is 3. The van der Waals surface area contributed by atoms with Crippen molar-refractivity contribution in [1.82, 2.24) is 20.5 Å². The highest BCUT2D eigenvalue weighted by Crippen LogP contribution is 2.03. The summed E-state index contributed by atoms with van der Waals surface area (Å²) in [5.41, 5.74) is 0. The lowest BCUT2D eigenvalue weighted by Gasteiger charge is -2.11. The van der Waals surface area contributed by atoms with Gasteiger partial charge in [0.25, 0.3) is 5.95 Å². The minimum Gasteiger partial charge on any atom is -0.481 e. The van der Waals surface area contributed by atoms with E-state index in [9.17, 15) is 9.59 Å². The third-order valence-corrected chi connectivity index (χ3v) is 2.17. The highest BCUT2D eigenvalue weighted by atomic mass is 16.4. The van der Waals surface area contributed by atoms with Gasteiger partial charge in [-0.05, 0) is 12.3 Å². The van der Waals surface area contributed by atoms with E-state index in [-0.39, 0.29) is 18.3 Å². The highest BCUT2D eigenvalue weighted by molar-refractivity contribution is 5.87. The fourth-order valence-corrected chi connectivity index (χ4v) is 1.19. The average Bonchev–Trinajstić information content (AvgIpc) is 2.35. The average molecular weight is 253 g/mol. The number of anilines is 1. The molecule has 0 aliphatic heterocycles. The molecule has 1 atom stereocenters. The monoisotopic (exact) mass is 253 g/mol. The molecule has 18 heavy (non-hydrogen) atoms. The molecule has 0 fully saturated rings. The van der Waals surface area contributed by atoms with Gasteiger partial charge < -0.3 is 10.4 Å². The molecule has 1 aromatic rings. The molecule has 8 heteroatoms. The number of hydrogen-bond donors (Lipinski definition) is 3. The smallest absolute Gasteiger partial charge is 0.321 e. The van der Waals surface area contributed by atoms with E-state index in [1.165, 1.54) is 12.4 Å². The predicted molar refractivity (Wildman–Crippen MR) is 62.9 cm³/mol. The standard InChI is InChI=1S/C10H15N5O3/c1-7(2-3-8(16)17)6-12-10(18)14-9-11-4-5-13-15-9/h4-5,7H,2-3,6H2,1H3,(H,16,17)(H2,11,12,14,15,18). The Labute approximate surface area is 104 Å². The maximum Gasteiger partial charge on any atom is 0.321 e. The molecule has 0 aromatic carbocycles. The zero-order valence-corrected chi connectivity index (χ0v) is 9.96. The summed E-state index contributed by atoms with van der Waals surface area (Å²) in [7, 11) is 0. The van der Waals surface area contributed by atoms with Crippen molar-refractivity contribution in [2.24, 2.45) is 5.92 Å². The molecule has 3 N–H and O–H groups in total. The number of carbonyl (C=O) groups excluding carboxylic acids is 1. The fraction of sp³-hybridized carbons (Fsp3) is 0.500. The molecule has 98 valence electrons. The second-order valence-electron chi connectivity index (χ2n) is 3.84. The molecule has 1 unspecified atom stereocenters. The van der Waals surface area contributed by atoms with Crippen LogP contribution in [0.15, 0.2) is 12.4 Å². The molecule has 1 heterocycles. The number of hydrogen-bond acceptors (Lipinski definition) is 5. The summed E-state index contributed by atoms with van der Waals surface area (Å²) in [5.74, 6) is -0.634. The van der Waals surface area contributed by atoms with Crippen molar-refractivity contribution in [3.8, 4) is 0 Å². The molecule has 0 spiro atoms. The lowest BCUT2D eigenvalue weighted by Crippen LogP contribution is -2.33.